The fourth-order valence-corrected chi connectivity index (χ4v) is 2.39. The Morgan fingerprint density at radius 3 is 2.69 bits per heavy atom. The number of hydrogen-bond donors (Lipinski definition) is 1. The molecule has 1 heterocycles. The summed E-state index contributed by atoms with van der Waals surface area (Å²) < 4.78 is 0. The van der Waals surface area contributed by atoms with Gasteiger partial charge in [0.1, 0.15) is 0 Å². The van der Waals surface area contributed by atoms with Crippen LogP contribution in [-0.4, -0.2) is 12.0 Å². The van der Waals surface area contributed by atoms with E-state index in [0.29, 0.717) is 6.04 Å². The third-order valence-corrected chi connectivity index (χ3v) is 3.56. The molecule has 0 aliphatic heterocycles. The Morgan fingerprint density at radius 2 is 2.12 bits per heavy atom. The topological polar surface area (TPSA) is 24.9 Å². The van der Waals surface area contributed by atoms with Gasteiger partial charge in [0, 0.05) is 28.6 Å². The van der Waals surface area contributed by atoms with Crippen molar-refractivity contribution in [3.05, 3.63) is 51.4 Å². The van der Waals surface area contributed by atoms with Gasteiger partial charge in [0.2, 0.25) is 0 Å². The van der Waals surface area contributed by atoms with Crippen molar-refractivity contribution < 1.29 is 0 Å². The highest BCUT2D eigenvalue weighted by Crippen LogP contribution is 2.21. The summed E-state index contributed by atoms with van der Waals surface area (Å²) >= 11 is 7.56. The Hall–Kier alpha value is -0.900. The lowest BCUT2D eigenvalue weighted by molar-refractivity contribution is 0.596. The maximum atomic E-state index is 5.87. The Bertz CT molecular complexity index is 425. The minimum absolute atomic E-state index is 0.317. The lowest BCUT2D eigenvalue weighted by Gasteiger charge is -2.15. The summed E-state index contributed by atoms with van der Waals surface area (Å²) in [5, 5.41) is 4.09. The van der Waals surface area contributed by atoms with Crippen molar-refractivity contribution in [1.82, 2.24) is 10.3 Å². The van der Waals surface area contributed by atoms with E-state index in [0.717, 1.165) is 11.4 Å². The number of hydrogen-bond acceptors (Lipinski definition) is 3. The fraction of sp³-hybridized carbons (Fsp3) is 0.250. The normalized spacial score (nSPS) is 12.6. The second-order valence-corrected chi connectivity index (χ2v) is 4.97. The number of likely N-dealkylation sites (N-methyl/N-ethyl adjacent to an activating group) is 1. The van der Waals surface area contributed by atoms with Gasteiger partial charge in [0.05, 0.1) is 5.51 Å². The van der Waals surface area contributed by atoms with E-state index >= 15 is 0 Å². The predicted octanol–water partition coefficient (Wildman–Crippen LogP) is 3.30. The summed E-state index contributed by atoms with van der Waals surface area (Å²) in [5.41, 5.74) is 3.12. The zero-order chi connectivity index (χ0) is 11.4. The van der Waals surface area contributed by atoms with Gasteiger partial charge in [0.15, 0.2) is 0 Å². The maximum Gasteiger partial charge on any atom is 0.0794 e. The zero-order valence-corrected chi connectivity index (χ0v) is 10.6. The fourth-order valence-electron chi connectivity index (χ4n) is 1.63. The largest absolute Gasteiger partial charge is 0.313 e. The molecule has 1 atom stereocenters. The molecule has 2 rings (SSSR count). The van der Waals surface area contributed by atoms with Crippen molar-refractivity contribution in [3.63, 3.8) is 0 Å². The van der Waals surface area contributed by atoms with Crippen molar-refractivity contribution in [2.75, 3.05) is 7.05 Å². The lowest BCUT2D eigenvalue weighted by atomic mass is 10.0. The predicted molar refractivity (Wildman–Crippen MR) is 69.1 cm³/mol. The average molecular weight is 253 g/mol. The van der Waals surface area contributed by atoms with E-state index in [1.54, 1.807) is 11.3 Å². The first-order valence-electron chi connectivity index (χ1n) is 5.09. The molecule has 0 spiro atoms. The van der Waals surface area contributed by atoms with Crippen LogP contribution in [0.25, 0.3) is 0 Å². The summed E-state index contributed by atoms with van der Waals surface area (Å²) in [5.74, 6) is 0. The van der Waals surface area contributed by atoms with Gasteiger partial charge < -0.3 is 5.32 Å². The van der Waals surface area contributed by atoms with Gasteiger partial charge in [-0.2, -0.15) is 0 Å². The molecule has 84 valence electrons. The molecule has 2 nitrogen and oxygen atoms in total. The number of halogens is 1. The number of nitrogens with one attached hydrogen (secondary N) is 1. The van der Waals surface area contributed by atoms with Gasteiger partial charge in [-0.3, -0.25) is 4.98 Å². The van der Waals surface area contributed by atoms with E-state index in [1.165, 1.54) is 10.4 Å². The van der Waals surface area contributed by atoms with E-state index < -0.39 is 0 Å². The van der Waals surface area contributed by atoms with Crippen LogP contribution in [-0.2, 0) is 6.42 Å². The lowest BCUT2D eigenvalue weighted by Crippen LogP contribution is -2.18. The van der Waals surface area contributed by atoms with Gasteiger partial charge >= 0.3 is 0 Å². The molecular weight excluding hydrogens is 240 g/mol. The molecule has 0 fully saturated rings. The molecule has 0 saturated carbocycles. The minimum Gasteiger partial charge on any atom is -0.313 e. The Morgan fingerprint density at radius 1 is 1.38 bits per heavy atom. The van der Waals surface area contributed by atoms with Crippen LogP contribution in [0.2, 0.25) is 5.02 Å². The SMILES string of the molecule is CNC(Cc1cncs1)c1ccc(Cl)cc1. The second kappa shape index (κ2) is 5.43. The Labute approximate surface area is 104 Å². The summed E-state index contributed by atoms with van der Waals surface area (Å²) in [7, 11) is 1.97. The number of rotatable bonds is 4. The van der Waals surface area contributed by atoms with E-state index in [4.69, 9.17) is 11.6 Å². The molecule has 0 radical (unpaired) electrons. The average Bonchev–Trinajstić information content (AvgIpc) is 2.80. The first-order chi connectivity index (χ1) is 7.79. The third kappa shape index (κ3) is 2.82. The van der Waals surface area contributed by atoms with Crippen LogP contribution in [0, 0.1) is 0 Å². The van der Waals surface area contributed by atoms with Crippen molar-refractivity contribution in [2.45, 2.75) is 12.5 Å². The van der Waals surface area contributed by atoms with Gasteiger partial charge in [0.25, 0.3) is 0 Å². The van der Waals surface area contributed by atoms with Crippen molar-refractivity contribution in [3.8, 4) is 0 Å². The maximum absolute atomic E-state index is 5.87. The third-order valence-electron chi connectivity index (χ3n) is 2.51. The molecule has 1 aromatic heterocycles. The van der Waals surface area contributed by atoms with Gasteiger partial charge in [-0.15, -0.1) is 11.3 Å². The molecule has 0 aliphatic carbocycles. The van der Waals surface area contributed by atoms with Crippen LogP contribution in [0.3, 0.4) is 0 Å². The molecule has 1 aromatic carbocycles. The van der Waals surface area contributed by atoms with E-state index in [9.17, 15) is 0 Å². The van der Waals surface area contributed by atoms with Crippen molar-refractivity contribution >= 4 is 22.9 Å². The first-order valence-corrected chi connectivity index (χ1v) is 6.35. The number of benzene rings is 1. The van der Waals surface area contributed by atoms with E-state index in [1.807, 2.05) is 30.9 Å². The highest BCUT2D eigenvalue weighted by Gasteiger charge is 2.10. The number of thiazole rings is 1. The van der Waals surface area contributed by atoms with Gasteiger partial charge in [-0.25, -0.2) is 0 Å². The molecule has 4 heteroatoms. The van der Waals surface area contributed by atoms with Gasteiger partial charge in [-0.05, 0) is 24.7 Å². The molecule has 0 aliphatic rings. The summed E-state index contributed by atoms with van der Waals surface area (Å²) in [6.07, 6.45) is 2.88. The highest BCUT2D eigenvalue weighted by molar-refractivity contribution is 7.09. The van der Waals surface area contributed by atoms with Gasteiger partial charge in [-0.1, -0.05) is 23.7 Å². The number of aromatic nitrogens is 1. The Balaban J connectivity index is 2.13. The van der Waals surface area contributed by atoms with Crippen LogP contribution in [0.4, 0.5) is 0 Å². The summed E-state index contributed by atoms with van der Waals surface area (Å²) in [6.45, 7) is 0. The van der Waals surface area contributed by atoms with E-state index in [-0.39, 0.29) is 0 Å². The van der Waals surface area contributed by atoms with Crippen LogP contribution < -0.4 is 5.32 Å². The van der Waals surface area contributed by atoms with E-state index in [2.05, 4.69) is 22.4 Å². The standard InChI is InChI=1S/C12H13ClN2S/c1-14-12(6-11-7-15-8-16-11)9-2-4-10(13)5-3-9/h2-5,7-8,12,14H,6H2,1H3. The van der Waals surface area contributed by atoms with Crippen LogP contribution in [0.1, 0.15) is 16.5 Å². The molecule has 1 unspecified atom stereocenters. The van der Waals surface area contributed by atoms with Crippen molar-refractivity contribution in [2.24, 2.45) is 0 Å². The molecule has 0 bridgehead atoms. The smallest absolute Gasteiger partial charge is 0.0794 e. The number of nitrogens with zero attached hydrogens (tertiary/aromatic N) is 1. The highest BCUT2D eigenvalue weighted by atomic mass is 35.5. The molecular formula is C12H13ClN2S. The Kier molecular flexibility index (Phi) is 3.93. The second-order valence-electron chi connectivity index (χ2n) is 3.56. The van der Waals surface area contributed by atoms with Crippen LogP contribution >= 0.6 is 22.9 Å². The summed E-state index contributed by atoms with van der Waals surface area (Å²) in [6, 6.07) is 8.29. The zero-order valence-electron chi connectivity index (χ0n) is 8.98. The molecule has 1 N–H and O–H groups in total. The molecule has 2 aromatic rings. The monoisotopic (exact) mass is 252 g/mol. The van der Waals surface area contributed by atoms with Crippen LogP contribution in [0.5, 0.6) is 0 Å². The first kappa shape index (κ1) is 11.6. The van der Waals surface area contributed by atoms with Crippen LogP contribution in [0.15, 0.2) is 36.0 Å². The molecule has 0 amide bonds. The molecule has 0 saturated heterocycles. The quantitative estimate of drug-likeness (QED) is 0.903. The summed E-state index contributed by atoms with van der Waals surface area (Å²) in [4.78, 5) is 5.37. The van der Waals surface area contributed by atoms with Crippen molar-refractivity contribution in [1.29, 1.82) is 0 Å². The minimum atomic E-state index is 0.317. The molecule has 16 heavy (non-hydrogen) atoms.